The lowest BCUT2D eigenvalue weighted by atomic mass is 10.1. The first-order valence-electron chi connectivity index (χ1n) is 4.05. The Kier molecular flexibility index (Phi) is 4.31. The second-order valence-electron chi connectivity index (χ2n) is 2.91. The number of carbonyl (C=O) groups is 2. The zero-order chi connectivity index (χ0) is 11.6. The lowest BCUT2D eigenvalue weighted by molar-refractivity contribution is -0.147. The summed E-state index contributed by atoms with van der Waals surface area (Å²) >= 11 is 16.2. The average molecular weight is 277 g/mol. The average Bonchev–Trinajstić information content (AvgIpc) is 1.99. The number of amides is 1. The molecule has 8 heteroatoms. The molecule has 1 saturated heterocycles. The quantitative estimate of drug-likeness (QED) is 0.796. The molecule has 0 bridgehead atoms. The molecule has 0 spiro atoms. The maximum absolute atomic E-state index is 11.3. The summed E-state index contributed by atoms with van der Waals surface area (Å²) in [4.78, 5) is 21.9. The number of nitrogens with zero attached hydrogens (tertiary/aromatic N) is 1. The number of ether oxygens (including phenoxy) is 1. The Hall–Kier alpha value is -0.390. The normalized spacial score (nSPS) is 22.1. The van der Waals surface area contributed by atoms with Crippen molar-refractivity contribution in [3.63, 3.8) is 0 Å². The maximum atomic E-state index is 11.3. The Balaban J connectivity index is 2.44. The van der Waals surface area contributed by atoms with Crippen molar-refractivity contribution in [3.05, 3.63) is 0 Å². The van der Waals surface area contributed by atoms with Gasteiger partial charge in [0, 0.05) is 6.54 Å². The fourth-order valence-electron chi connectivity index (χ4n) is 1.08. The number of hydrogen-bond donors (Lipinski definition) is 1. The Morgan fingerprint density at radius 1 is 1.40 bits per heavy atom. The van der Waals surface area contributed by atoms with E-state index in [9.17, 15) is 9.59 Å². The third kappa shape index (κ3) is 3.03. The predicted molar refractivity (Wildman–Crippen MR) is 54.4 cm³/mol. The van der Waals surface area contributed by atoms with Gasteiger partial charge in [-0.2, -0.15) is 0 Å². The number of aliphatic carboxylic acids is 1. The van der Waals surface area contributed by atoms with Crippen LogP contribution in [0.15, 0.2) is 0 Å². The Labute approximate surface area is 101 Å². The van der Waals surface area contributed by atoms with Crippen molar-refractivity contribution in [2.75, 3.05) is 6.54 Å². The standard InChI is InChI=1S/C7H8Cl3NO4/c8-4(9)5(10)15-7(14)11-2-1-3(11)6(12)13/h3-5H,1-2H2,(H,12,13)/t3-,5?/m1/s1. The molecule has 1 unspecified atom stereocenters. The van der Waals surface area contributed by atoms with Crippen LogP contribution < -0.4 is 0 Å². The zero-order valence-corrected chi connectivity index (χ0v) is 9.67. The molecule has 0 aromatic heterocycles. The van der Waals surface area contributed by atoms with Gasteiger partial charge in [0.2, 0.25) is 5.56 Å². The molecule has 0 radical (unpaired) electrons. The van der Waals surface area contributed by atoms with Crippen molar-refractivity contribution in [2.24, 2.45) is 0 Å². The van der Waals surface area contributed by atoms with Gasteiger partial charge in [-0.1, -0.05) is 34.8 Å². The number of halogens is 3. The molecule has 1 heterocycles. The lowest BCUT2D eigenvalue weighted by Crippen LogP contribution is -2.55. The number of rotatable bonds is 3. The van der Waals surface area contributed by atoms with Crippen LogP contribution in [0.1, 0.15) is 6.42 Å². The van der Waals surface area contributed by atoms with Gasteiger partial charge in [-0.3, -0.25) is 4.90 Å². The summed E-state index contributed by atoms with van der Waals surface area (Å²) in [6, 6.07) is -0.842. The van der Waals surface area contributed by atoms with E-state index < -0.39 is 28.5 Å². The number of alkyl halides is 3. The smallest absolute Gasteiger partial charge is 0.412 e. The van der Waals surface area contributed by atoms with Gasteiger partial charge in [0.05, 0.1) is 0 Å². The highest BCUT2D eigenvalue weighted by atomic mass is 35.5. The number of carboxylic acid groups (broad SMARTS) is 1. The van der Waals surface area contributed by atoms with E-state index in [1.807, 2.05) is 0 Å². The fraction of sp³-hybridized carbons (Fsp3) is 0.714. The SMILES string of the molecule is O=C(O)[C@H]1CCN1C(=O)OC(Cl)C(Cl)Cl. The second kappa shape index (κ2) is 5.09. The minimum atomic E-state index is -1.18. The van der Waals surface area contributed by atoms with E-state index in [2.05, 4.69) is 4.74 Å². The van der Waals surface area contributed by atoms with Crippen LogP contribution in [0, 0.1) is 0 Å². The molecule has 0 aromatic carbocycles. The molecule has 2 atom stereocenters. The first-order valence-corrected chi connectivity index (χ1v) is 5.36. The largest absolute Gasteiger partial charge is 0.480 e. The summed E-state index contributed by atoms with van der Waals surface area (Å²) in [5.41, 5.74) is -1.18. The van der Waals surface area contributed by atoms with E-state index in [0.717, 1.165) is 4.90 Å². The van der Waals surface area contributed by atoms with Gasteiger partial charge in [0.15, 0.2) is 4.84 Å². The van der Waals surface area contributed by atoms with Crippen molar-refractivity contribution in [1.29, 1.82) is 0 Å². The van der Waals surface area contributed by atoms with Gasteiger partial charge in [0.25, 0.3) is 0 Å². The van der Waals surface area contributed by atoms with Gasteiger partial charge in [-0.15, -0.1) is 0 Å². The molecular weight excluding hydrogens is 268 g/mol. The van der Waals surface area contributed by atoms with Crippen LogP contribution in [0.2, 0.25) is 0 Å². The van der Waals surface area contributed by atoms with E-state index in [-0.39, 0.29) is 0 Å². The zero-order valence-electron chi connectivity index (χ0n) is 7.40. The predicted octanol–water partition coefficient (Wildman–Crippen LogP) is 1.65. The minimum absolute atomic E-state index is 0.328. The van der Waals surface area contributed by atoms with Crippen LogP contribution in [0.5, 0.6) is 0 Å². The Bertz CT molecular complexity index is 273. The van der Waals surface area contributed by atoms with Gasteiger partial charge in [-0.05, 0) is 6.42 Å². The van der Waals surface area contributed by atoms with Crippen molar-refractivity contribution in [2.45, 2.75) is 22.9 Å². The first kappa shape index (κ1) is 12.7. The molecule has 1 aliphatic rings. The van der Waals surface area contributed by atoms with E-state index in [0.29, 0.717) is 13.0 Å². The molecule has 0 aromatic rings. The van der Waals surface area contributed by atoms with Crippen molar-refractivity contribution in [3.8, 4) is 0 Å². The molecule has 5 nitrogen and oxygen atoms in total. The number of carbonyl (C=O) groups excluding carboxylic acids is 1. The van der Waals surface area contributed by atoms with Crippen LogP contribution in [-0.4, -0.2) is 45.1 Å². The summed E-state index contributed by atoms with van der Waals surface area (Å²) in [5, 5.41) is 8.66. The van der Waals surface area contributed by atoms with E-state index in [4.69, 9.17) is 39.9 Å². The van der Waals surface area contributed by atoms with Gasteiger partial charge < -0.3 is 9.84 Å². The highest BCUT2D eigenvalue weighted by Crippen LogP contribution is 2.22. The summed E-state index contributed by atoms with van der Waals surface area (Å²) in [6.07, 6.45) is -0.414. The van der Waals surface area contributed by atoms with Crippen LogP contribution in [0.25, 0.3) is 0 Å². The molecule has 1 rings (SSSR count). The second-order valence-corrected chi connectivity index (χ2v) is 4.50. The van der Waals surface area contributed by atoms with Crippen molar-refractivity contribution in [1.82, 2.24) is 4.90 Å². The molecule has 0 saturated carbocycles. The monoisotopic (exact) mass is 275 g/mol. The van der Waals surface area contributed by atoms with Gasteiger partial charge in [-0.25, -0.2) is 9.59 Å². The van der Waals surface area contributed by atoms with Gasteiger partial charge in [0.1, 0.15) is 6.04 Å². The molecule has 0 aliphatic carbocycles. The topological polar surface area (TPSA) is 66.8 Å². The minimum Gasteiger partial charge on any atom is -0.480 e. The molecular formula is C7H8Cl3NO4. The highest BCUT2D eigenvalue weighted by Gasteiger charge is 2.39. The van der Waals surface area contributed by atoms with Gasteiger partial charge >= 0.3 is 12.1 Å². The van der Waals surface area contributed by atoms with E-state index in [1.165, 1.54) is 0 Å². The molecule has 1 amide bonds. The number of carboxylic acids is 1. The molecule has 1 fully saturated rings. The number of hydrogen-bond acceptors (Lipinski definition) is 3. The maximum Gasteiger partial charge on any atom is 0.412 e. The first-order chi connectivity index (χ1) is 6.93. The fourth-order valence-corrected chi connectivity index (χ4v) is 1.26. The lowest BCUT2D eigenvalue weighted by Gasteiger charge is -2.37. The summed E-state index contributed by atoms with van der Waals surface area (Å²) in [6.45, 7) is 0.328. The summed E-state index contributed by atoms with van der Waals surface area (Å²) < 4.78 is 4.62. The van der Waals surface area contributed by atoms with Crippen LogP contribution in [-0.2, 0) is 9.53 Å². The van der Waals surface area contributed by atoms with Crippen molar-refractivity contribution < 1.29 is 19.4 Å². The van der Waals surface area contributed by atoms with E-state index in [1.54, 1.807) is 0 Å². The molecule has 1 aliphatic heterocycles. The van der Waals surface area contributed by atoms with Crippen molar-refractivity contribution >= 4 is 46.9 Å². The van der Waals surface area contributed by atoms with E-state index >= 15 is 0 Å². The number of likely N-dealkylation sites (tertiary alicyclic amines) is 1. The molecule has 1 N–H and O–H groups in total. The molecule has 15 heavy (non-hydrogen) atoms. The third-order valence-electron chi connectivity index (χ3n) is 1.95. The Morgan fingerprint density at radius 2 is 2.00 bits per heavy atom. The highest BCUT2D eigenvalue weighted by molar-refractivity contribution is 6.48. The van der Waals surface area contributed by atoms with Crippen LogP contribution in [0.3, 0.4) is 0 Å². The summed E-state index contributed by atoms with van der Waals surface area (Å²) in [7, 11) is 0. The summed E-state index contributed by atoms with van der Waals surface area (Å²) in [5.74, 6) is -1.07. The third-order valence-corrected chi connectivity index (χ3v) is 3.01. The molecule has 86 valence electrons. The van der Waals surface area contributed by atoms with Crippen LogP contribution >= 0.6 is 34.8 Å². The van der Waals surface area contributed by atoms with Crippen LogP contribution in [0.4, 0.5) is 4.79 Å². The Morgan fingerprint density at radius 3 is 2.33 bits per heavy atom.